The minimum Gasteiger partial charge on any atom is -0.394 e. The first-order valence-electron chi connectivity index (χ1n) is 5.96. The molecule has 0 heterocycles. The van der Waals surface area contributed by atoms with Gasteiger partial charge in [0.2, 0.25) is 0 Å². The van der Waals surface area contributed by atoms with Crippen molar-refractivity contribution >= 4 is 23.5 Å². The highest BCUT2D eigenvalue weighted by molar-refractivity contribution is 8.17. The third-order valence-corrected chi connectivity index (χ3v) is 5.50. The van der Waals surface area contributed by atoms with Gasteiger partial charge in [0, 0.05) is 0 Å². The topological polar surface area (TPSA) is 80.9 Å². The van der Waals surface area contributed by atoms with Gasteiger partial charge in [0.15, 0.2) is 0 Å². The minimum atomic E-state index is -1.29. The van der Waals surface area contributed by atoms with Gasteiger partial charge in [-0.05, 0) is 24.3 Å². The number of thioether (sulfide) groups is 2. The van der Waals surface area contributed by atoms with Crippen molar-refractivity contribution in [3.8, 4) is 0 Å². The predicted octanol–water partition coefficient (Wildman–Crippen LogP) is 0.674. The van der Waals surface area contributed by atoms with Crippen LogP contribution in [-0.2, 0) is 0 Å². The van der Waals surface area contributed by atoms with E-state index in [1.54, 1.807) is 23.5 Å². The lowest BCUT2D eigenvalue weighted by atomic mass is 10.1. The first-order valence-corrected chi connectivity index (χ1v) is 8.06. The van der Waals surface area contributed by atoms with Gasteiger partial charge in [0.25, 0.3) is 0 Å². The van der Waals surface area contributed by atoms with Crippen molar-refractivity contribution < 1.29 is 20.4 Å². The van der Waals surface area contributed by atoms with Crippen LogP contribution < -0.4 is 0 Å². The first kappa shape index (κ1) is 17.5. The fraction of sp³-hybridized carbons (Fsp3) is 1.00. The summed E-state index contributed by atoms with van der Waals surface area (Å²) >= 11 is 3.17. The smallest absolute Gasteiger partial charge is 0.110 e. The van der Waals surface area contributed by atoms with Gasteiger partial charge >= 0.3 is 0 Å². The van der Waals surface area contributed by atoms with Gasteiger partial charge in [-0.1, -0.05) is 13.8 Å². The zero-order valence-electron chi connectivity index (χ0n) is 10.5. The second kappa shape index (κ2) is 10.5. The normalized spacial score (nSPS) is 17.1. The monoisotopic (exact) mass is 284 g/mol. The van der Waals surface area contributed by atoms with Crippen LogP contribution in [0, 0.1) is 0 Å². The largest absolute Gasteiger partial charge is 0.394 e. The minimum absolute atomic E-state index is 0.161. The highest BCUT2D eigenvalue weighted by Crippen LogP contribution is 2.30. The number of aliphatic hydroxyl groups is 4. The van der Waals surface area contributed by atoms with Crippen LogP contribution in [0.2, 0.25) is 0 Å². The summed E-state index contributed by atoms with van der Waals surface area (Å²) in [5, 5.41) is 37.7. The quantitative estimate of drug-likeness (QED) is 0.442. The molecule has 0 aliphatic heterocycles. The van der Waals surface area contributed by atoms with E-state index < -0.39 is 24.9 Å². The van der Waals surface area contributed by atoms with Gasteiger partial charge in [0.1, 0.15) is 18.3 Å². The Kier molecular flexibility index (Phi) is 10.8. The van der Waals surface area contributed by atoms with Gasteiger partial charge < -0.3 is 20.4 Å². The zero-order chi connectivity index (χ0) is 13.3. The molecule has 0 saturated heterocycles. The Balaban J connectivity index is 4.32. The molecule has 0 spiro atoms. The molecule has 4 N–H and O–H groups in total. The molecular weight excluding hydrogens is 260 g/mol. The highest BCUT2D eigenvalue weighted by atomic mass is 32.2. The fourth-order valence-corrected chi connectivity index (χ4v) is 3.82. The van der Waals surface area contributed by atoms with Crippen LogP contribution in [0.25, 0.3) is 0 Å². The Labute approximate surface area is 112 Å². The molecule has 0 rings (SSSR count). The molecule has 3 atom stereocenters. The number of hydrogen-bond donors (Lipinski definition) is 4. The molecule has 0 fully saturated rings. The summed E-state index contributed by atoms with van der Waals surface area (Å²) in [6.45, 7) is 3.57. The van der Waals surface area contributed by atoms with E-state index in [4.69, 9.17) is 5.11 Å². The summed E-state index contributed by atoms with van der Waals surface area (Å²) in [5.74, 6) is 1.81. The zero-order valence-corrected chi connectivity index (χ0v) is 12.1. The maximum Gasteiger partial charge on any atom is 0.110 e. The van der Waals surface area contributed by atoms with Gasteiger partial charge in [0.05, 0.1) is 11.2 Å². The lowest BCUT2D eigenvalue weighted by molar-refractivity contribution is -0.0706. The lowest BCUT2D eigenvalue weighted by Crippen LogP contribution is -2.44. The molecule has 0 bridgehead atoms. The average molecular weight is 284 g/mol. The number of rotatable bonds is 10. The molecule has 0 amide bonds. The van der Waals surface area contributed by atoms with Crippen molar-refractivity contribution in [2.75, 3.05) is 18.1 Å². The van der Waals surface area contributed by atoms with E-state index >= 15 is 0 Å². The Morgan fingerprint density at radius 1 is 0.882 bits per heavy atom. The van der Waals surface area contributed by atoms with Crippen LogP contribution in [0.1, 0.15) is 26.7 Å². The molecule has 0 saturated carbocycles. The third-order valence-electron chi connectivity index (χ3n) is 2.18. The van der Waals surface area contributed by atoms with Crippen molar-refractivity contribution in [2.45, 2.75) is 49.6 Å². The molecule has 0 aromatic carbocycles. The van der Waals surface area contributed by atoms with Crippen LogP contribution in [-0.4, -0.2) is 61.4 Å². The van der Waals surface area contributed by atoms with E-state index in [-0.39, 0.29) is 4.58 Å². The molecule has 0 aliphatic rings. The maximum atomic E-state index is 9.97. The van der Waals surface area contributed by atoms with E-state index in [9.17, 15) is 15.3 Å². The van der Waals surface area contributed by atoms with E-state index in [0.29, 0.717) is 0 Å². The molecule has 17 heavy (non-hydrogen) atoms. The van der Waals surface area contributed by atoms with Crippen molar-refractivity contribution in [3.05, 3.63) is 0 Å². The maximum absolute atomic E-state index is 9.97. The van der Waals surface area contributed by atoms with E-state index in [1.165, 1.54) is 0 Å². The van der Waals surface area contributed by atoms with Crippen LogP contribution in [0.5, 0.6) is 0 Å². The Morgan fingerprint density at radius 3 is 1.71 bits per heavy atom. The highest BCUT2D eigenvalue weighted by Gasteiger charge is 2.31. The lowest BCUT2D eigenvalue weighted by Gasteiger charge is -2.28. The van der Waals surface area contributed by atoms with Crippen LogP contribution in [0.4, 0.5) is 0 Å². The van der Waals surface area contributed by atoms with Gasteiger partial charge in [-0.3, -0.25) is 0 Å². The summed E-state index contributed by atoms with van der Waals surface area (Å²) in [7, 11) is 0. The molecule has 4 nitrogen and oxygen atoms in total. The van der Waals surface area contributed by atoms with Crippen molar-refractivity contribution in [1.82, 2.24) is 0 Å². The van der Waals surface area contributed by atoms with E-state index in [2.05, 4.69) is 13.8 Å². The Hall–Kier alpha value is 0.540. The van der Waals surface area contributed by atoms with E-state index in [1.807, 2.05) is 0 Å². The molecule has 6 heteroatoms. The average Bonchev–Trinajstić information content (AvgIpc) is 2.36. The SMILES string of the molecule is CCCSC(SCCC)[C@@H](O)[C@H](O)[C@H](O)CO. The van der Waals surface area contributed by atoms with Crippen molar-refractivity contribution in [3.63, 3.8) is 0 Å². The fourth-order valence-electron chi connectivity index (χ4n) is 1.21. The molecule has 0 aromatic rings. The molecule has 0 aromatic heterocycles. The second-order valence-corrected chi connectivity index (χ2v) is 6.64. The summed E-state index contributed by atoms with van der Waals surface area (Å²) in [6.07, 6.45) is -1.60. The van der Waals surface area contributed by atoms with Gasteiger partial charge in [-0.25, -0.2) is 0 Å². The molecule has 0 aliphatic carbocycles. The molecule has 0 radical (unpaired) electrons. The molecule has 104 valence electrons. The van der Waals surface area contributed by atoms with Crippen LogP contribution >= 0.6 is 23.5 Å². The number of aliphatic hydroxyl groups excluding tert-OH is 4. The summed E-state index contributed by atoms with van der Waals surface area (Å²) in [4.78, 5) is 0. The van der Waals surface area contributed by atoms with Gasteiger partial charge in [-0.2, -0.15) is 0 Å². The summed E-state index contributed by atoms with van der Waals surface area (Å²) < 4.78 is -0.161. The van der Waals surface area contributed by atoms with Crippen LogP contribution in [0.15, 0.2) is 0 Å². The summed E-state index contributed by atoms with van der Waals surface area (Å²) in [6, 6.07) is 0. The molecular formula is C11H24O4S2. The van der Waals surface area contributed by atoms with E-state index in [0.717, 1.165) is 24.3 Å². The summed E-state index contributed by atoms with van der Waals surface area (Å²) in [5.41, 5.74) is 0. The van der Waals surface area contributed by atoms with Crippen molar-refractivity contribution in [1.29, 1.82) is 0 Å². The second-order valence-electron chi connectivity index (χ2n) is 3.84. The van der Waals surface area contributed by atoms with Crippen molar-refractivity contribution in [2.24, 2.45) is 0 Å². The van der Waals surface area contributed by atoms with Gasteiger partial charge in [-0.15, -0.1) is 23.5 Å². The predicted molar refractivity (Wildman–Crippen MR) is 74.4 cm³/mol. The number of hydrogen-bond acceptors (Lipinski definition) is 6. The third kappa shape index (κ3) is 6.88. The Morgan fingerprint density at radius 2 is 1.35 bits per heavy atom. The van der Waals surface area contributed by atoms with Crippen LogP contribution in [0.3, 0.4) is 0 Å². The first-order chi connectivity index (χ1) is 8.08. The molecule has 0 unspecified atom stereocenters. The standard InChI is InChI=1S/C11H24O4S2/c1-3-5-16-11(17-6-4-2)10(15)9(14)8(13)7-12/h8-15H,3-7H2,1-2H3/t8-,9-,10+/m1/s1. The Bertz CT molecular complexity index is 175.